The van der Waals surface area contributed by atoms with Gasteiger partial charge in [0.2, 0.25) is 11.8 Å². The second-order valence-corrected chi connectivity index (χ2v) is 9.44. The van der Waals surface area contributed by atoms with Crippen LogP contribution in [0.15, 0.2) is 72.1 Å². The van der Waals surface area contributed by atoms with Crippen molar-refractivity contribution in [3.05, 3.63) is 88.4 Å². The molecule has 6 nitrogen and oxygen atoms in total. The average molecular weight is 479 g/mol. The quantitative estimate of drug-likeness (QED) is 0.430. The molecule has 2 aromatic carbocycles. The minimum absolute atomic E-state index is 0.103. The van der Waals surface area contributed by atoms with E-state index in [1.807, 2.05) is 47.8 Å². The molecule has 2 aliphatic rings. The number of hydrogen-bond acceptors (Lipinski definition) is 6. The van der Waals surface area contributed by atoms with Crippen molar-refractivity contribution in [3.63, 3.8) is 0 Å². The minimum atomic E-state index is -1.48. The maximum Gasteiger partial charge on any atom is 0.327 e. The van der Waals surface area contributed by atoms with E-state index in [1.54, 1.807) is 13.0 Å². The van der Waals surface area contributed by atoms with Crippen LogP contribution < -0.4 is 10.2 Å². The Morgan fingerprint density at radius 3 is 2.47 bits per heavy atom. The molecule has 4 atom stereocenters. The largest absolute Gasteiger partial charge is 0.465 e. The zero-order valence-electron chi connectivity index (χ0n) is 18.4. The minimum Gasteiger partial charge on any atom is -0.465 e. The Morgan fingerprint density at radius 2 is 1.79 bits per heavy atom. The number of imide groups is 1. The fourth-order valence-corrected chi connectivity index (χ4v) is 6.01. The van der Waals surface area contributed by atoms with Crippen molar-refractivity contribution in [1.82, 2.24) is 5.32 Å². The lowest BCUT2D eigenvalue weighted by molar-refractivity contribution is -0.154. The van der Waals surface area contributed by atoms with Crippen LogP contribution in [-0.4, -0.2) is 29.9 Å². The molecule has 2 fully saturated rings. The van der Waals surface area contributed by atoms with Gasteiger partial charge in [0.15, 0.2) is 0 Å². The number of carbonyl (C=O) groups excluding carboxylic acids is 3. The van der Waals surface area contributed by atoms with E-state index >= 15 is 0 Å². The number of ether oxygens (including phenoxy) is 1. The Kier molecular flexibility index (Phi) is 5.79. The molecule has 2 saturated heterocycles. The number of hydrogen-bond donors (Lipinski definition) is 1. The molecular formula is C26H23FN2O4S. The summed E-state index contributed by atoms with van der Waals surface area (Å²) < 4.78 is 20.2. The first kappa shape index (κ1) is 22.4. The van der Waals surface area contributed by atoms with Gasteiger partial charge in [0.05, 0.1) is 30.2 Å². The van der Waals surface area contributed by atoms with Gasteiger partial charge in [-0.25, -0.2) is 9.29 Å². The fourth-order valence-electron chi connectivity index (χ4n) is 5.19. The highest BCUT2D eigenvalue weighted by atomic mass is 32.1. The molecule has 1 aromatic heterocycles. The highest BCUT2D eigenvalue weighted by Gasteiger charge is 2.69. The monoisotopic (exact) mass is 478 g/mol. The Morgan fingerprint density at radius 1 is 1.06 bits per heavy atom. The number of benzene rings is 2. The fraction of sp³-hybridized carbons (Fsp3) is 0.269. The predicted octanol–water partition coefficient (Wildman–Crippen LogP) is 3.88. The van der Waals surface area contributed by atoms with E-state index < -0.39 is 47.0 Å². The number of halogens is 1. The van der Waals surface area contributed by atoms with E-state index in [9.17, 15) is 18.8 Å². The molecule has 5 rings (SSSR count). The number of thiophene rings is 1. The van der Waals surface area contributed by atoms with E-state index in [0.717, 1.165) is 15.3 Å². The van der Waals surface area contributed by atoms with Crippen LogP contribution in [0.3, 0.4) is 0 Å². The molecule has 2 amide bonds. The van der Waals surface area contributed by atoms with Gasteiger partial charge < -0.3 is 4.74 Å². The highest BCUT2D eigenvalue weighted by Crippen LogP contribution is 2.52. The van der Waals surface area contributed by atoms with Crippen LogP contribution in [0, 0.1) is 17.7 Å². The van der Waals surface area contributed by atoms with Gasteiger partial charge in [-0.15, -0.1) is 11.3 Å². The second-order valence-electron chi connectivity index (χ2n) is 8.46. The molecule has 3 aromatic rings. The van der Waals surface area contributed by atoms with Gasteiger partial charge >= 0.3 is 5.97 Å². The zero-order chi connectivity index (χ0) is 23.9. The van der Waals surface area contributed by atoms with Crippen molar-refractivity contribution in [2.24, 2.45) is 11.8 Å². The van der Waals surface area contributed by atoms with Crippen LogP contribution in [-0.2, 0) is 25.5 Å². The van der Waals surface area contributed by atoms with Crippen LogP contribution in [0.2, 0.25) is 0 Å². The van der Waals surface area contributed by atoms with Crippen LogP contribution in [0.1, 0.15) is 23.4 Å². The van der Waals surface area contributed by atoms with Crippen molar-refractivity contribution in [3.8, 4) is 0 Å². The summed E-state index contributed by atoms with van der Waals surface area (Å²) in [6.45, 7) is 1.82. The van der Waals surface area contributed by atoms with Crippen molar-refractivity contribution >= 4 is 34.8 Å². The Bertz CT molecular complexity index is 1230. The van der Waals surface area contributed by atoms with Gasteiger partial charge in [0.25, 0.3) is 0 Å². The molecule has 1 N–H and O–H groups in total. The standard InChI is InChI=1S/C26H23FN2O4S/c1-2-33-25(32)26(15-16-9-4-3-5-10-16)21-20(22(28-26)19-13-8-14-34-19)23(30)29(24(21)31)18-12-7-6-11-17(18)27/h3-14,20-22,28H,2,15H2,1H3/t20-,21-,22+,26+/m0/s1. The lowest BCUT2D eigenvalue weighted by Gasteiger charge is -2.33. The first-order valence-corrected chi connectivity index (χ1v) is 12.0. The SMILES string of the molecule is CCOC(=O)[C@]1(Cc2ccccc2)N[C@H](c2cccs2)[C@H]2C(=O)N(c3ccccc3F)C(=O)[C@H]21. The Hall–Kier alpha value is -3.36. The number of anilines is 1. The lowest BCUT2D eigenvalue weighted by Crippen LogP contribution is -2.58. The van der Waals surface area contributed by atoms with Crippen molar-refractivity contribution in [2.75, 3.05) is 11.5 Å². The number of nitrogens with one attached hydrogen (secondary N) is 1. The van der Waals surface area contributed by atoms with E-state index in [0.29, 0.717) is 0 Å². The number of esters is 1. The lowest BCUT2D eigenvalue weighted by atomic mass is 9.76. The van der Waals surface area contributed by atoms with Crippen molar-refractivity contribution in [1.29, 1.82) is 0 Å². The smallest absolute Gasteiger partial charge is 0.327 e. The molecule has 0 radical (unpaired) electrons. The molecule has 8 heteroatoms. The van der Waals surface area contributed by atoms with E-state index in [-0.39, 0.29) is 18.7 Å². The third kappa shape index (κ3) is 3.45. The number of amides is 2. The molecule has 174 valence electrons. The predicted molar refractivity (Wildman–Crippen MR) is 126 cm³/mol. The van der Waals surface area contributed by atoms with E-state index in [4.69, 9.17) is 4.74 Å². The van der Waals surface area contributed by atoms with Gasteiger partial charge in [0.1, 0.15) is 11.4 Å². The topological polar surface area (TPSA) is 75.7 Å². The van der Waals surface area contributed by atoms with Crippen LogP contribution >= 0.6 is 11.3 Å². The zero-order valence-corrected chi connectivity index (χ0v) is 19.3. The molecule has 2 aliphatic heterocycles. The summed E-state index contributed by atoms with van der Waals surface area (Å²) in [5.74, 6) is -4.32. The van der Waals surface area contributed by atoms with Crippen LogP contribution in [0.4, 0.5) is 10.1 Å². The number of rotatable bonds is 6. The van der Waals surface area contributed by atoms with Crippen LogP contribution in [0.5, 0.6) is 0 Å². The molecule has 34 heavy (non-hydrogen) atoms. The van der Waals surface area contributed by atoms with E-state index in [1.165, 1.54) is 29.5 Å². The van der Waals surface area contributed by atoms with Gasteiger partial charge in [0, 0.05) is 11.3 Å². The number of para-hydroxylation sites is 1. The third-order valence-electron chi connectivity index (χ3n) is 6.56. The molecule has 0 aliphatic carbocycles. The van der Waals surface area contributed by atoms with Gasteiger partial charge in [-0.3, -0.25) is 19.7 Å². The second kappa shape index (κ2) is 8.77. The summed E-state index contributed by atoms with van der Waals surface area (Å²) in [5, 5.41) is 5.24. The summed E-state index contributed by atoms with van der Waals surface area (Å²) in [7, 11) is 0. The maximum atomic E-state index is 14.7. The summed E-state index contributed by atoms with van der Waals surface area (Å²) in [4.78, 5) is 42.9. The maximum absolute atomic E-state index is 14.7. The molecule has 0 unspecified atom stereocenters. The molecule has 3 heterocycles. The van der Waals surface area contributed by atoms with Gasteiger partial charge in [-0.1, -0.05) is 48.5 Å². The first-order valence-electron chi connectivity index (χ1n) is 11.1. The number of fused-ring (bicyclic) bond motifs is 1. The normalized spacial score (nSPS) is 26.1. The summed E-state index contributed by atoms with van der Waals surface area (Å²) in [6.07, 6.45) is 0.153. The number of carbonyl (C=O) groups is 3. The van der Waals surface area contributed by atoms with Crippen molar-refractivity contribution in [2.45, 2.75) is 24.9 Å². The summed E-state index contributed by atoms with van der Waals surface area (Å²) in [5.41, 5.74) is -0.767. The molecule has 0 spiro atoms. The highest BCUT2D eigenvalue weighted by molar-refractivity contribution is 7.10. The first-order chi connectivity index (χ1) is 16.5. The van der Waals surface area contributed by atoms with Gasteiger partial charge in [-0.05, 0) is 36.1 Å². The molecule has 0 saturated carbocycles. The third-order valence-corrected chi connectivity index (χ3v) is 7.52. The van der Waals surface area contributed by atoms with E-state index in [2.05, 4.69) is 5.32 Å². The Balaban J connectivity index is 1.68. The number of nitrogens with zero attached hydrogens (tertiary/aromatic N) is 1. The summed E-state index contributed by atoms with van der Waals surface area (Å²) >= 11 is 1.43. The van der Waals surface area contributed by atoms with Gasteiger partial charge in [-0.2, -0.15) is 0 Å². The average Bonchev–Trinajstić information content (AvgIpc) is 3.53. The summed E-state index contributed by atoms with van der Waals surface area (Å²) in [6, 6.07) is 18.1. The van der Waals surface area contributed by atoms with Crippen LogP contribution in [0.25, 0.3) is 0 Å². The van der Waals surface area contributed by atoms with Crippen molar-refractivity contribution < 1.29 is 23.5 Å². The molecular weight excluding hydrogens is 455 g/mol. The Labute approximate surface area is 200 Å². The molecule has 0 bridgehead atoms.